The van der Waals surface area contributed by atoms with E-state index in [4.69, 9.17) is 16.6 Å². The zero-order valence-electron chi connectivity index (χ0n) is 18.9. The summed E-state index contributed by atoms with van der Waals surface area (Å²) in [6.45, 7) is 7.00. The van der Waals surface area contributed by atoms with Gasteiger partial charge >= 0.3 is 0 Å². The molecule has 0 saturated carbocycles. The van der Waals surface area contributed by atoms with E-state index in [0.717, 1.165) is 57.1 Å². The van der Waals surface area contributed by atoms with Crippen LogP contribution in [0.2, 0.25) is 5.02 Å². The van der Waals surface area contributed by atoms with Crippen LogP contribution in [0.1, 0.15) is 21.6 Å². The smallest absolute Gasteiger partial charge is 0.254 e. The van der Waals surface area contributed by atoms with Gasteiger partial charge in [0.15, 0.2) is 0 Å². The van der Waals surface area contributed by atoms with Crippen molar-refractivity contribution in [2.45, 2.75) is 13.8 Å². The predicted octanol–water partition coefficient (Wildman–Crippen LogP) is 6.13. The van der Waals surface area contributed by atoms with Crippen molar-refractivity contribution in [3.63, 3.8) is 0 Å². The van der Waals surface area contributed by atoms with E-state index in [9.17, 15) is 4.79 Å². The number of hydrogen-bond donors (Lipinski definition) is 0. The van der Waals surface area contributed by atoms with Crippen molar-refractivity contribution in [3.05, 3.63) is 94.6 Å². The van der Waals surface area contributed by atoms with Gasteiger partial charge in [-0.25, -0.2) is 0 Å². The normalized spacial score (nSPS) is 14.0. The monoisotopic (exact) mass is 455 g/mol. The number of aromatic nitrogens is 1. The van der Waals surface area contributed by atoms with E-state index in [2.05, 4.69) is 42.2 Å². The fourth-order valence-electron chi connectivity index (χ4n) is 4.51. The number of piperazine rings is 1. The Bertz CT molecular complexity index is 1310. The van der Waals surface area contributed by atoms with Crippen LogP contribution >= 0.6 is 11.6 Å². The Morgan fingerprint density at radius 1 is 0.879 bits per heavy atom. The maximum absolute atomic E-state index is 13.6. The molecule has 4 nitrogen and oxygen atoms in total. The number of halogens is 1. The summed E-state index contributed by atoms with van der Waals surface area (Å²) in [4.78, 5) is 22.7. The molecular weight excluding hydrogens is 430 g/mol. The van der Waals surface area contributed by atoms with E-state index in [-0.39, 0.29) is 5.91 Å². The summed E-state index contributed by atoms with van der Waals surface area (Å²) in [7, 11) is 0. The van der Waals surface area contributed by atoms with E-state index in [0.29, 0.717) is 13.1 Å². The molecule has 0 aliphatic carbocycles. The predicted molar refractivity (Wildman–Crippen MR) is 136 cm³/mol. The number of carbonyl (C=O) groups is 1. The molecule has 2 heterocycles. The molecule has 4 aromatic rings. The summed E-state index contributed by atoms with van der Waals surface area (Å²) in [5, 5.41) is 1.64. The van der Waals surface area contributed by atoms with E-state index in [1.807, 2.05) is 54.3 Å². The molecular formula is C28H26ClN3O. The number of amides is 1. The van der Waals surface area contributed by atoms with Gasteiger partial charge in [0.25, 0.3) is 5.91 Å². The Morgan fingerprint density at radius 2 is 1.58 bits per heavy atom. The average molecular weight is 456 g/mol. The highest BCUT2D eigenvalue weighted by Crippen LogP contribution is 2.31. The molecule has 1 aromatic heterocycles. The molecule has 1 amide bonds. The van der Waals surface area contributed by atoms with Crippen molar-refractivity contribution in [1.29, 1.82) is 0 Å². The summed E-state index contributed by atoms with van der Waals surface area (Å²) < 4.78 is 0. The number of carbonyl (C=O) groups excluding carboxylic acids is 1. The van der Waals surface area contributed by atoms with Crippen molar-refractivity contribution in [1.82, 2.24) is 9.88 Å². The summed E-state index contributed by atoms with van der Waals surface area (Å²) in [5.74, 6) is 0.0716. The van der Waals surface area contributed by atoms with E-state index in [1.54, 1.807) is 0 Å². The molecule has 1 aliphatic rings. The Hall–Kier alpha value is -3.37. The number of fused-ring (bicyclic) bond motifs is 1. The lowest BCUT2D eigenvalue weighted by Crippen LogP contribution is -2.48. The number of para-hydroxylation sites is 1. The number of pyridine rings is 1. The molecule has 1 saturated heterocycles. The zero-order chi connectivity index (χ0) is 22.9. The first-order valence-electron chi connectivity index (χ1n) is 11.3. The maximum atomic E-state index is 13.6. The number of rotatable bonds is 3. The van der Waals surface area contributed by atoms with Gasteiger partial charge in [-0.2, -0.15) is 0 Å². The molecule has 0 unspecified atom stereocenters. The first-order chi connectivity index (χ1) is 16.0. The summed E-state index contributed by atoms with van der Waals surface area (Å²) >= 11 is 6.02. The molecule has 0 bridgehead atoms. The van der Waals surface area contributed by atoms with Crippen molar-refractivity contribution in [3.8, 4) is 11.1 Å². The largest absolute Gasteiger partial charge is 0.368 e. The van der Waals surface area contributed by atoms with E-state index in [1.165, 1.54) is 5.56 Å². The Morgan fingerprint density at radius 3 is 2.27 bits per heavy atom. The van der Waals surface area contributed by atoms with Gasteiger partial charge < -0.3 is 9.80 Å². The number of anilines is 1. The minimum Gasteiger partial charge on any atom is -0.368 e. The van der Waals surface area contributed by atoms with Crippen LogP contribution in [-0.4, -0.2) is 42.0 Å². The van der Waals surface area contributed by atoms with Gasteiger partial charge in [0.2, 0.25) is 0 Å². The number of benzene rings is 3. The highest BCUT2D eigenvalue weighted by molar-refractivity contribution is 6.30. The zero-order valence-corrected chi connectivity index (χ0v) is 19.6. The van der Waals surface area contributed by atoms with Gasteiger partial charge in [0, 0.05) is 53.5 Å². The van der Waals surface area contributed by atoms with Crippen molar-refractivity contribution < 1.29 is 4.79 Å². The van der Waals surface area contributed by atoms with Crippen LogP contribution in [0.5, 0.6) is 0 Å². The van der Waals surface area contributed by atoms with Gasteiger partial charge in [-0.15, -0.1) is 0 Å². The lowest BCUT2D eigenvalue weighted by Gasteiger charge is -2.36. The highest BCUT2D eigenvalue weighted by atomic mass is 35.5. The fourth-order valence-corrected chi connectivity index (χ4v) is 4.64. The standard InChI is InChI=1S/C28H26ClN3O/c1-19-6-8-21(9-7-19)24-4-3-5-25-26(18-20(2)30-27(24)25)28(33)32-16-14-31(15-17-32)23-12-10-22(29)11-13-23/h3-13,18H,14-17H2,1-2H3. The lowest BCUT2D eigenvalue weighted by atomic mass is 9.97. The van der Waals surface area contributed by atoms with Gasteiger partial charge in [-0.1, -0.05) is 59.6 Å². The van der Waals surface area contributed by atoms with Gasteiger partial charge in [0.05, 0.1) is 11.1 Å². The first kappa shape index (κ1) is 21.5. The third-order valence-electron chi connectivity index (χ3n) is 6.32. The van der Waals surface area contributed by atoms with Crippen molar-refractivity contribution >= 4 is 34.1 Å². The molecule has 5 rings (SSSR count). The minimum atomic E-state index is 0.0716. The third kappa shape index (κ3) is 4.31. The quantitative estimate of drug-likeness (QED) is 0.372. The molecule has 1 fully saturated rings. The lowest BCUT2D eigenvalue weighted by molar-refractivity contribution is 0.0748. The number of hydrogen-bond acceptors (Lipinski definition) is 3. The number of nitrogens with zero attached hydrogens (tertiary/aromatic N) is 3. The molecule has 0 atom stereocenters. The Balaban J connectivity index is 1.44. The summed E-state index contributed by atoms with van der Waals surface area (Å²) in [5.41, 5.74) is 6.98. The van der Waals surface area contributed by atoms with Crippen LogP contribution in [-0.2, 0) is 0 Å². The molecule has 3 aromatic carbocycles. The van der Waals surface area contributed by atoms with Gasteiger partial charge in [-0.3, -0.25) is 9.78 Å². The molecule has 0 N–H and O–H groups in total. The minimum absolute atomic E-state index is 0.0716. The fraction of sp³-hybridized carbons (Fsp3) is 0.214. The first-order valence-corrected chi connectivity index (χ1v) is 11.6. The second-order valence-corrected chi connectivity index (χ2v) is 9.07. The molecule has 166 valence electrons. The van der Waals surface area contributed by atoms with Crippen molar-refractivity contribution in [2.75, 3.05) is 31.1 Å². The third-order valence-corrected chi connectivity index (χ3v) is 6.57. The summed E-state index contributed by atoms with van der Waals surface area (Å²) in [6.07, 6.45) is 0. The van der Waals surface area contributed by atoms with Crippen LogP contribution in [0.25, 0.3) is 22.0 Å². The van der Waals surface area contributed by atoms with E-state index >= 15 is 0 Å². The number of aryl methyl sites for hydroxylation is 2. The van der Waals surface area contributed by atoms with Crippen LogP contribution in [0.3, 0.4) is 0 Å². The maximum Gasteiger partial charge on any atom is 0.254 e. The molecule has 0 spiro atoms. The Kier molecular flexibility index (Phi) is 5.77. The van der Waals surface area contributed by atoms with Crippen LogP contribution in [0.4, 0.5) is 5.69 Å². The average Bonchev–Trinajstić information content (AvgIpc) is 2.84. The molecule has 1 aliphatic heterocycles. The van der Waals surface area contributed by atoms with Gasteiger partial charge in [0.1, 0.15) is 0 Å². The highest BCUT2D eigenvalue weighted by Gasteiger charge is 2.24. The van der Waals surface area contributed by atoms with Gasteiger partial charge in [-0.05, 0) is 49.7 Å². The SMILES string of the molecule is Cc1ccc(-c2cccc3c(C(=O)N4CCN(c5ccc(Cl)cc5)CC4)cc(C)nc23)cc1. The van der Waals surface area contributed by atoms with Crippen LogP contribution in [0.15, 0.2) is 72.8 Å². The topological polar surface area (TPSA) is 36.4 Å². The summed E-state index contributed by atoms with van der Waals surface area (Å²) in [6, 6.07) is 24.4. The van der Waals surface area contributed by atoms with Crippen LogP contribution < -0.4 is 4.90 Å². The Labute approximate surface area is 199 Å². The van der Waals surface area contributed by atoms with Crippen LogP contribution in [0, 0.1) is 13.8 Å². The second kappa shape index (κ2) is 8.87. The molecule has 0 radical (unpaired) electrons. The van der Waals surface area contributed by atoms with E-state index < -0.39 is 0 Å². The van der Waals surface area contributed by atoms with Crippen molar-refractivity contribution in [2.24, 2.45) is 0 Å². The second-order valence-electron chi connectivity index (χ2n) is 8.63. The molecule has 33 heavy (non-hydrogen) atoms. The molecule has 5 heteroatoms.